The van der Waals surface area contributed by atoms with Gasteiger partial charge in [-0.25, -0.2) is 13.4 Å². The van der Waals surface area contributed by atoms with Crippen LogP contribution in [0.2, 0.25) is 0 Å². The van der Waals surface area contributed by atoms with E-state index < -0.39 is 33.8 Å². The Morgan fingerprint density at radius 3 is 2.32 bits per heavy atom. The molecule has 4 rings (SSSR count). The summed E-state index contributed by atoms with van der Waals surface area (Å²) in [5, 5.41) is 5.59. The molecule has 2 N–H and O–H groups in total. The highest BCUT2D eigenvalue weighted by Gasteiger charge is 2.36. The average Bonchev–Trinajstić information content (AvgIpc) is 3.28. The number of benzene rings is 1. The van der Waals surface area contributed by atoms with Crippen LogP contribution < -0.4 is 20.1 Å². The maximum Gasteiger partial charge on any atom is 0.260 e. The Morgan fingerprint density at radius 2 is 1.76 bits per heavy atom. The van der Waals surface area contributed by atoms with Gasteiger partial charge in [0.05, 0.1) is 26.8 Å². The lowest BCUT2D eigenvalue weighted by molar-refractivity contribution is -0.133. The van der Waals surface area contributed by atoms with Crippen LogP contribution in [0.4, 0.5) is 0 Å². The largest absolute Gasteiger partial charge is 0.493 e. The van der Waals surface area contributed by atoms with Gasteiger partial charge in [0.25, 0.3) is 10.0 Å². The first-order chi connectivity index (χ1) is 19.5. The Labute approximate surface area is 241 Å². The minimum atomic E-state index is -3.94. The van der Waals surface area contributed by atoms with Gasteiger partial charge in [0.1, 0.15) is 6.04 Å². The SMILES string of the molecule is COc1cc2c(cc1OC)CC(C(=O)N[C@H](CC(C)C)C(=O)N[C@@H]1CCCN(S(=O)(=O)c3ccccn3)CC1=O)C2. The van der Waals surface area contributed by atoms with Crippen LogP contribution in [-0.2, 0) is 37.2 Å². The van der Waals surface area contributed by atoms with E-state index in [9.17, 15) is 22.8 Å². The standard InChI is InChI=1S/C29H38N4O7S/c1-18(2)12-23(32-28(35)21-13-19-15-25(39-3)26(40-4)16-20(19)14-21)29(36)31-22-8-7-11-33(17-24(22)34)41(37,38)27-9-5-6-10-30-27/h5-6,9-10,15-16,18,21-23H,7-8,11-14,17H2,1-4H3,(H,31,36)(H,32,35)/t22-,23-/m1/s1. The van der Waals surface area contributed by atoms with E-state index in [1.165, 1.54) is 12.3 Å². The molecule has 2 aromatic rings. The predicted octanol–water partition coefficient (Wildman–Crippen LogP) is 1.88. The highest BCUT2D eigenvalue weighted by Crippen LogP contribution is 2.36. The molecule has 1 aliphatic carbocycles. The van der Waals surface area contributed by atoms with Crippen molar-refractivity contribution in [3.63, 3.8) is 0 Å². The van der Waals surface area contributed by atoms with Gasteiger partial charge in [0.2, 0.25) is 11.8 Å². The van der Waals surface area contributed by atoms with Crippen LogP contribution in [0, 0.1) is 11.8 Å². The number of sulfonamides is 1. The Morgan fingerprint density at radius 1 is 1.10 bits per heavy atom. The van der Waals surface area contributed by atoms with Crippen molar-refractivity contribution in [1.29, 1.82) is 0 Å². The number of aromatic nitrogens is 1. The molecule has 1 fully saturated rings. The Balaban J connectivity index is 1.41. The van der Waals surface area contributed by atoms with Crippen LogP contribution in [0.1, 0.15) is 44.2 Å². The van der Waals surface area contributed by atoms with Gasteiger partial charge in [-0.15, -0.1) is 0 Å². The number of fused-ring (bicyclic) bond motifs is 1. The molecule has 12 heteroatoms. The van der Waals surface area contributed by atoms with Crippen molar-refractivity contribution in [2.45, 2.75) is 63.1 Å². The minimum Gasteiger partial charge on any atom is -0.493 e. The number of nitrogens with zero attached hydrogens (tertiary/aromatic N) is 2. The normalized spacial score (nSPS) is 18.9. The Bertz CT molecular complexity index is 1350. The van der Waals surface area contributed by atoms with E-state index in [2.05, 4.69) is 15.6 Å². The maximum absolute atomic E-state index is 13.4. The molecule has 1 aromatic heterocycles. The first kappa shape index (κ1) is 30.4. The van der Waals surface area contributed by atoms with E-state index in [4.69, 9.17) is 9.47 Å². The minimum absolute atomic E-state index is 0.101. The van der Waals surface area contributed by atoms with Crippen molar-refractivity contribution in [3.8, 4) is 11.5 Å². The van der Waals surface area contributed by atoms with Crippen molar-refractivity contribution >= 4 is 27.6 Å². The number of ketones is 1. The third kappa shape index (κ3) is 7.05. The van der Waals surface area contributed by atoms with Gasteiger partial charge < -0.3 is 20.1 Å². The smallest absolute Gasteiger partial charge is 0.260 e. The fourth-order valence-corrected chi connectivity index (χ4v) is 6.76. The van der Waals surface area contributed by atoms with Crippen molar-refractivity contribution in [3.05, 3.63) is 47.7 Å². The molecule has 0 radical (unpaired) electrons. The van der Waals surface area contributed by atoms with Crippen LogP contribution in [0.15, 0.2) is 41.6 Å². The average molecular weight is 587 g/mol. The predicted molar refractivity (Wildman–Crippen MR) is 151 cm³/mol. The quantitative estimate of drug-likeness (QED) is 0.430. The van der Waals surface area contributed by atoms with Gasteiger partial charge >= 0.3 is 0 Å². The molecule has 41 heavy (non-hydrogen) atoms. The summed E-state index contributed by atoms with van der Waals surface area (Å²) in [5.41, 5.74) is 2.00. The second-order valence-electron chi connectivity index (χ2n) is 10.9. The van der Waals surface area contributed by atoms with Crippen LogP contribution in [0.5, 0.6) is 11.5 Å². The molecule has 0 saturated carbocycles. The summed E-state index contributed by atoms with van der Waals surface area (Å²) >= 11 is 0. The van der Waals surface area contributed by atoms with E-state index in [-0.39, 0.29) is 35.9 Å². The van der Waals surface area contributed by atoms with E-state index in [0.29, 0.717) is 43.6 Å². The fraction of sp³-hybridized carbons (Fsp3) is 0.517. The maximum atomic E-state index is 13.4. The van der Waals surface area contributed by atoms with Gasteiger partial charge in [-0.05, 0) is 73.4 Å². The third-order valence-corrected chi connectivity index (χ3v) is 9.29. The monoisotopic (exact) mass is 586 g/mol. The van der Waals surface area contributed by atoms with Crippen LogP contribution >= 0.6 is 0 Å². The number of amides is 2. The molecular weight excluding hydrogens is 548 g/mol. The number of methoxy groups -OCH3 is 2. The van der Waals surface area contributed by atoms with E-state index in [1.54, 1.807) is 26.4 Å². The first-order valence-corrected chi connectivity index (χ1v) is 15.3. The second-order valence-corrected chi connectivity index (χ2v) is 12.8. The molecule has 1 aliphatic heterocycles. The van der Waals surface area contributed by atoms with Crippen LogP contribution in [-0.4, -0.2) is 74.7 Å². The van der Waals surface area contributed by atoms with Gasteiger partial charge in [-0.3, -0.25) is 14.4 Å². The molecule has 0 spiro atoms. The van der Waals surface area contributed by atoms with E-state index in [1.807, 2.05) is 26.0 Å². The van der Waals surface area contributed by atoms with E-state index in [0.717, 1.165) is 15.4 Å². The lowest BCUT2D eigenvalue weighted by Crippen LogP contribution is -2.53. The van der Waals surface area contributed by atoms with Gasteiger partial charge in [-0.1, -0.05) is 19.9 Å². The number of hydrogen-bond acceptors (Lipinski definition) is 8. The van der Waals surface area contributed by atoms with Crippen LogP contribution in [0.25, 0.3) is 0 Å². The molecule has 1 aromatic carbocycles. The van der Waals surface area contributed by atoms with Crippen molar-refractivity contribution in [2.75, 3.05) is 27.3 Å². The van der Waals surface area contributed by atoms with Gasteiger partial charge in [0.15, 0.2) is 22.3 Å². The van der Waals surface area contributed by atoms with Crippen molar-refractivity contribution in [2.24, 2.45) is 11.8 Å². The molecule has 2 aliphatic rings. The summed E-state index contributed by atoms with van der Waals surface area (Å²) in [6.45, 7) is 3.68. The van der Waals surface area contributed by atoms with Gasteiger partial charge in [0, 0.05) is 18.7 Å². The molecule has 2 atom stereocenters. The molecule has 11 nitrogen and oxygen atoms in total. The first-order valence-electron chi connectivity index (χ1n) is 13.8. The zero-order valence-corrected chi connectivity index (χ0v) is 24.7. The Kier molecular flexibility index (Phi) is 9.64. The molecule has 0 unspecified atom stereocenters. The summed E-state index contributed by atoms with van der Waals surface area (Å²) in [6.07, 6.45) is 3.48. The topological polar surface area (TPSA) is 144 Å². The summed E-state index contributed by atoms with van der Waals surface area (Å²) < 4.78 is 37.9. The molecule has 222 valence electrons. The number of pyridine rings is 1. The fourth-order valence-electron chi connectivity index (χ4n) is 5.38. The molecular formula is C29H38N4O7S. The molecule has 0 bridgehead atoms. The highest BCUT2D eigenvalue weighted by atomic mass is 32.2. The molecule has 2 amide bonds. The van der Waals surface area contributed by atoms with Crippen molar-refractivity contribution in [1.82, 2.24) is 19.9 Å². The number of carbonyl (C=O) groups excluding carboxylic acids is 3. The molecule has 1 saturated heterocycles. The molecule has 2 heterocycles. The number of nitrogens with one attached hydrogen (secondary N) is 2. The highest BCUT2D eigenvalue weighted by molar-refractivity contribution is 7.89. The summed E-state index contributed by atoms with van der Waals surface area (Å²) in [5.74, 6) is -0.143. The summed E-state index contributed by atoms with van der Waals surface area (Å²) in [4.78, 5) is 43.7. The van der Waals surface area contributed by atoms with Crippen LogP contribution in [0.3, 0.4) is 0 Å². The van der Waals surface area contributed by atoms with Crippen molar-refractivity contribution < 1.29 is 32.3 Å². The zero-order chi connectivity index (χ0) is 29.7. The zero-order valence-electron chi connectivity index (χ0n) is 23.9. The van der Waals surface area contributed by atoms with Gasteiger partial charge in [-0.2, -0.15) is 4.31 Å². The number of Topliss-reactive ketones (excluding diaryl/α,β-unsaturated/α-hetero) is 1. The summed E-state index contributed by atoms with van der Waals surface area (Å²) in [6, 6.07) is 6.66. The third-order valence-electron chi connectivity index (χ3n) is 7.53. The lowest BCUT2D eigenvalue weighted by Gasteiger charge is -2.24. The number of ether oxygens (including phenoxy) is 2. The number of hydrogen-bond donors (Lipinski definition) is 2. The lowest BCUT2D eigenvalue weighted by atomic mass is 9.99. The van der Waals surface area contributed by atoms with E-state index >= 15 is 0 Å². The number of rotatable bonds is 10. The Hall–Kier alpha value is -3.51. The summed E-state index contributed by atoms with van der Waals surface area (Å²) in [7, 11) is -0.816. The second kappa shape index (κ2) is 13.0. The number of carbonyl (C=O) groups is 3.